The molecule has 1 heterocycles. The van der Waals surface area contributed by atoms with Crippen LogP contribution in [0.2, 0.25) is 0 Å². The number of nitrogens with zero attached hydrogens (tertiary/aromatic N) is 1. The van der Waals surface area contributed by atoms with E-state index >= 15 is 0 Å². The number of benzene rings is 1. The Kier molecular flexibility index (Phi) is 3.28. The molecule has 0 saturated heterocycles. The first kappa shape index (κ1) is 10.1. The minimum Gasteiger partial charge on any atom is -0.306 e. The first-order valence-electron chi connectivity index (χ1n) is 5.68. The maximum atomic E-state index is 3.24. The summed E-state index contributed by atoms with van der Waals surface area (Å²) in [6.45, 7) is 3.20. The van der Waals surface area contributed by atoms with Gasteiger partial charge in [-0.2, -0.15) is 0 Å². The second kappa shape index (κ2) is 4.87. The van der Waals surface area contributed by atoms with Crippen LogP contribution in [0.3, 0.4) is 0 Å². The lowest BCUT2D eigenvalue weighted by atomic mass is 10.1. The van der Waals surface area contributed by atoms with E-state index in [4.69, 9.17) is 0 Å². The third-order valence-corrected chi connectivity index (χ3v) is 2.72. The van der Waals surface area contributed by atoms with Crippen molar-refractivity contribution in [3.63, 3.8) is 0 Å². The number of hydrogen-bond acceptors (Lipinski definition) is 2. The summed E-state index contributed by atoms with van der Waals surface area (Å²) in [7, 11) is 0. The Hall–Kier alpha value is -1.44. The molecule has 1 aromatic rings. The summed E-state index contributed by atoms with van der Waals surface area (Å²) in [6.07, 6.45) is 7.82. The Balaban J connectivity index is 2.14. The molecule has 80 valence electrons. The molecule has 0 aromatic heterocycles. The van der Waals surface area contributed by atoms with E-state index in [1.807, 2.05) is 6.20 Å². The molecule has 0 spiro atoms. The Labute approximate surface area is 91.6 Å². The molecule has 0 fully saturated rings. The molecule has 1 aliphatic rings. The van der Waals surface area contributed by atoms with Gasteiger partial charge >= 0.3 is 0 Å². The maximum absolute atomic E-state index is 3.24. The molecule has 2 rings (SSSR count). The highest BCUT2D eigenvalue weighted by Crippen LogP contribution is 2.21. The van der Waals surface area contributed by atoms with Crippen molar-refractivity contribution in [3.05, 3.63) is 42.1 Å². The van der Waals surface area contributed by atoms with Crippen LogP contribution < -0.4 is 10.4 Å². The zero-order chi connectivity index (χ0) is 10.5. The highest BCUT2D eigenvalue weighted by atomic mass is 15.5. The number of hydrazine groups is 1. The molecule has 2 heteroatoms. The fourth-order valence-electron chi connectivity index (χ4n) is 1.87. The van der Waals surface area contributed by atoms with E-state index in [2.05, 4.69) is 47.7 Å². The normalized spacial score (nSPS) is 14.3. The fraction of sp³-hybridized carbons (Fsp3) is 0.385. The molecular formula is C13H18N2. The lowest BCUT2D eigenvalue weighted by molar-refractivity contribution is 0.777. The summed E-state index contributed by atoms with van der Waals surface area (Å²) < 4.78 is 0. The van der Waals surface area contributed by atoms with Gasteiger partial charge in [0.05, 0.1) is 12.2 Å². The van der Waals surface area contributed by atoms with Crippen molar-refractivity contribution in [1.29, 1.82) is 0 Å². The Morgan fingerprint density at radius 3 is 2.93 bits per heavy atom. The standard InChI is InChI=1S/C13H18N2/c1-2-3-7-12-8-4-5-9-13(12)15-11-6-10-14-15/h4-6,8-10,14H,2-3,7,11H2,1H3. The van der Waals surface area contributed by atoms with Crippen molar-refractivity contribution >= 4 is 5.69 Å². The number of aryl methyl sites for hydroxylation is 1. The van der Waals surface area contributed by atoms with Crippen molar-refractivity contribution in [2.45, 2.75) is 26.2 Å². The van der Waals surface area contributed by atoms with Crippen LogP contribution in [0.15, 0.2) is 36.5 Å². The van der Waals surface area contributed by atoms with Gasteiger partial charge in [0.25, 0.3) is 0 Å². The molecule has 1 aliphatic heterocycles. The molecule has 0 bridgehead atoms. The molecule has 0 aliphatic carbocycles. The third-order valence-electron chi connectivity index (χ3n) is 2.72. The zero-order valence-electron chi connectivity index (χ0n) is 9.24. The van der Waals surface area contributed by atoms with Gasteiger partial charge in [-0.25, -0.2) is 0 Å². The van der Waals surface area contributed by atoms with Gasteiger partial charge in [-0.3, -0.25) is 5.01 Å². The highest BCUT2D eigenvalue weighted by molar-refractivity contribution is 5.54. The fourth-order valence-corrected chi connectivity index (χ4v) is 1.87. The Bertz CT molecular complexity index is 336. The quantitative estimate of drug-likeness (QED) is 0.807. The zero-order valence-corrected chi connectivity index (χ0v) is 9.24. The number of unbranched alkanes of at least 4 members (excludes halogenated alkanes) is 1. The summed E-state index contributed by atoms with van der Waals surface area (Å²) in [4.78, 5) is 0. The van der Waals surface area contributed by atoms with Gasteiger partial charge in [0.15, 0.2) is 0 Å². The van der Waals surface area contributed by atoms with E-state index in [0.29, 0.717) is 0 Å². The third kappa shape index (κ3) is 2.32. The predicted molar refractivity (Wildman–Crippen MR) is 64.7 cm³/mol. The van der Waals surface area contributed by atoms with Crippen molar-refractivity contribution in [2.75, 3.05) is 11.6 Å². The molecule has 15 heavy (non-hydrogen) atoms. The smallest absolute Gasteiger partial charge is 0.0607 e. The van der Waals surface area contributed by atoms with Crippen LogP contribution in [0.25, 0.3) is 0 Å². The van der Waals surface area contributed by atoms with Gasteiger partial charge in [0.2, 0.25) is 0 Å². The van der Waals surface area contributed by atoms with Crippen LogP contribution in [-0.4, -0.2) is 6.54 Å². The average molecular weight is 202 g/mol. The minimum absolute atomic E-state index is 0.961. The van der Waals surface area contributed by atoms with Crippen molar-refractivity contribution < 1.29 is 0 Å². The second-order valence-electron chi connectivity index (χ2n) is 3.87. The van der Waals surface area contributed by atoms with Crippen LogP contribution in [0.4, 0.5) is 5.69 Å². The van der Waals surface area contributed by atoms with E-state index < -0.39 is 0 Å². The molecule has 0 amide bonds. The molecular weight excluding hydrogens is 184 g/mol. The molecule has 1 aromatic carbocycles. The molecule has 0 unspecified atom stereocenters. The Morgan fingerprint density at radius 1 is 1.33 bits per heavy atom. The van der Waals surface area contributed by atoms with Crippen molar-refractivity contribution in [1.82, 2.24) is 5.43 Å². The van der Waals surface area contributed by atoms with Crippen LogP contribution in [-0.2, 0) is 6.42 Å². The van der Waals surface area contributed by atoms with Gasteiger partial charge in [-0.05, 0) is 30.5 Å². The van der Waals surface area contributed by atoms with Crippen LogP contribution in [0, 0.1) is 0 Å². The number of nitrogens with one attached hydrogen (secondary N) is 1. The van der Waals surface area contributed by atoms with Crippen LogP contribution >= 0.6 is 0 Å². The molecule has 0 saturated carbocycles. The summed E-state index contributed by atoms with van der Waals surface area (Å²) in [5, 5.41) is 2.19. The summed E-state index contributed by atoms with van der Waals surface area (Å²) >= 11 is 0. The van der Waals surface area contributed by atoms with E-state index in [9.17, 15) is 0 Å². The molecule has 0 radical (unpaired) electrons. The minimum atomic E-state index is 0.961. The number of hydrogen-bond donors (Lipinski definition) is 1. The lowest BCUT2D eigenvalue weighted by Crippen LogP contribution is -2.30. The number of para-hydroxylation sites is 1. The topological polar surface area (TPSA) is 15.3 Å². The van der Waals surface area contributed by atoms with E-state index in [1.165, 1.54) is 30.5 Å². The predicted octanol–water partition coefficient (Wildman–Crippen LogP) is 2.87. The van der Waals surface area contributed by atoms with E-state index in [1.54, 1.807) is 0 Å². The van der Waals surface area contributed by atoms with Gasteiger partial charge in [0.1, 0.15) is 0 Å². The second-order valence-corrected chi connectivity index (χ2v) is 3.87. The highest BCUT2D eigenvalue weighted by Gasteiger charge is 2.10. The first-order valence-corrected chi connectivity index (χ1v) is 5.68. The molecule has 2 nitrogen and oxygen atoms in total. The van der Waals surface area contributed by atoms with E-state index in [0.717, 1.165) is 6.54 Å². The summed E-state index contributed by atoms with van der Waals surface area (Å²) in [5.74, 6) is 0. The SMILES string of the molecule is CCCCc1ccccc1N1CC=CN1. The van der Waals surface area contributed by atoms with Gasteiger partial charge in [0, 0.05) is 6.20 Å². The monoisotopic (exact) mass is 202 g/mol. The lowest BCUT2D eigenvalue weighted by Gasteiger charge is -2.21. The van der Waals surface area contributed by atoms with Gasteiger partial charge in [-0.15, -0.1) is 0 Å². The molecule has 0 atom stereocenters. The summed E-state index contributed by atoms with van der Waals surface area (Å²) in [5.41, 5.74) is 6.00. The average Bonchev–Trinajstić information content (AvgIpc) is 2.80. The first-order chi connectivity index (χ1) is 7.42. The molecule has 1 N–H and O–H groups in total. The van der Waals surface area contributed by atoms with Crippen LogP contribution in [0.1, 0.15) is 25.3 Å². The summed E-state index contributed by atoms with van der Waals surface area (Å²) in [6, 6.07) is 8.64. The maximum Gasteiger partial charge on any atom is 0.0607 e. The van der Waals surface area contributed by atoms with Crippen LogP contribution in [0.5, 0.6) is 0 Å². The van der Waals surface area contributed by atoms with Gasteiger partial charge < -0.3 is 5.43 Å². The Morgan fingerprint density at radius 2 is 2.20 bits per heavy atom. The van der Waals surface area contributed by atoms with Crippen molar-refractivity contribution in [2.24, 2.45) is 0 Å². The van der Waals surface area contributed by atoms with Crippen molar-refractivity contribution in [3.8, 4) is 0 Å². The number of anilines is 1. The van der Waals surface area contributed by atoms with E-state index in [-0.39, 0.29) is 0 Å². The number of rotatable bonds is 4. The van der Waals surface area contributed by atoms with Gasteiger partial charge in [-0.1, -0.05) is 31.5 Å². The largest absolute Gasteiger partial charge is 0.306 e.